The second kappa shape index (κ2) is 6.31. The van der Waals surface area contributed by atoms with E-state index in [9.17, 15) is 14.4 Å². The Labute approximate surface area is 153 Å². The van der Waals surface area contributed by atoms with E-state index in [4.69, 9.17) is 0 Å². The molecule has 0 aromatic carbocycles. The van der Waals surface area contributed by atoms with Crippen molar-refractivity contribution in [2.24, 2.45) is 5.92 Å². The van der Waals surface area contributed by atoms with E-state index in [0.717, 1.165) is 4.57 Å². The fourth-order valence-electron chi connectivity index (χ4n) is 2.97. The van der Waals surface area contributed by atoms with Gasteiger partial charge in [-0.15, -0.1) is 4.80 Å². The van der Waals surface area contributed by atoms with Crippen molar-refractivity contribution in [1.29, 1.82) is 0 Å². The van der Waals surface area contributed by atoms with E-state index in [2.05, 4.69) is 15.2 Å². The van der Waals surface area contributed by atoms with E-state index in [0.29, 0.717) is 27.2 Å². The smallest absolute Gasteiger partial charge is 0.298 e. The first-order valence-corrected chi connectivity index (χ1v) is 9.15. The molecule has 9 heteroatoms. The topological polar surface area (TPSA) is 103 Å². The zero-order valence-electron chi connectivity index (χ0n) is 15.4. The molecule has 8 nitrogen and oxygen atoms in total. The van der Waals surface area contributed by atoms with Crippen LogP contribution in [0.15, 0.2) is 22.0 Å². The lowest BCUT2D eigenvalue weighted by Gasteiger charge is -2.25. The van der Waals surface area contributed by atoms with E-state index in [1.807, 2.05) is 13.8 Å². The Kier molecular flexibility index (Phi) is 4.43. The zero-order valence-corrected chi connectivity index (χ0v) is 16.2. The summed E-state index contributed by atoms with van der Waals surface area (Å²) in [7, 11) is 0. The van der Waals surface area contributed by atoms with Crippen molar-refractivity contribution in [3.05, 3.63) is 38.8 Å². The maximum atomic E-state index is 13.1. The number of H-pyrrole nitrogens is 1. The summed E-state index contributed by atoms with van der Waals surface area (Å²) in [6, 6.07) is 0. The van der Waals surface area contributed by atoms with Gasteiger partial charge in [-0.1, -0.05) is 25.2 Å². The molecule has 138 valence electrons. The van der Waals surface area contributed by atoms with Gasteiger partial charge in [0.1, 0.15) is 15.4 Å². The van der Waals surface area contributed by atoms with Gasteiger partial charge in [0.2, 0.25) is 0 Å². The van der Waals surface area contributed by atoms with E-state index < -0.39 is 16.8 Å². The van der Waals surface area contributed by atoms with Gasteiger partial charge in [0, 0.05) is 12.0 Å². The number of aromatic nitrogens is 5. The number of carbonyl (C=O) groups excluding carboxylic acids is 1. The first-order chi connectivity index (χ1) is 12.1. The predicted molar refractivity (Wildman–Crippen MR) is 100 cm³/mol. The molecule has 3 aromatic rings. The third-order valence-electron chi connectivity index (χ3n) is 4.40. The summed E-state index contributed by atoms with van der Waals surface area (Å²) >= 11 is 1.23. The van der Waals surface area contributed by atoms with E-state index in [1.54, 1.807) is 33.2 Å². The van der Waals surface area contributed by atoms with Crippen LogP contribution in [0.1, 0.15) is 39.7 Å². The lowest BCUT2D eigenvalue weighted by Crippen LogP contribution is -2.50. The second-order valence-corrected chi connectivity index (χ2v) is 8.20. The van der Waals surface area contributed by atoms with E-state index >= 15 is 0 Å². The van der Waals surface area contributed by atoms with Crippen LogP contribution < -0.4 is 11.2 Å². The van der Waals surface area contributed by atoms with Crippen LogP contribution in [-0.2, 0) is 10.3 Å². The number of ketones is 1. The van der Waals surface area contributed by atoms with E-state index in [-0.39, 0.29) is 11.7 Å². The summed E-state index contributed by atoms with van der Waals surface area (Å²) in [6.07, 6.45) is 3.37. The van der Waals surface area contributed by atoms with Gasteiger partial charge in [0.25, 0.3) is 5.56 Å². The van der Waals surface area contributed by atoms with Crippen molar-refractivity contribution in [3.63, 3.8) is 0 Å². The molecule has 0 atom stereocenters. The normalized spacial score (nSPS) is 12.2. The van der Waals surface area contributed by atoms with Crippen molar-refractivity contribution in [3.8, 4) is 5.00 Å². The summed E-state index contributed by atoms with van der Waals surface area (Å²) in [6.45, 7) is 8.85. The highest BCUT2D eigenvalue weighted by atomic mass is 32.1. The molecule has 0 amide bonds. The van der Waals surface area contributed by atoms with Gasteiger partial charge in [0.15, 0.2) is 5.78 Å². The molecular weight excluding hydrogens is 354 g/mol. The number of aryl methyl sites for hydroxylation is 1. The molecule has 0 aliphatic heterocycles. The fourth-order valence-corrected chi connectivity index (χ4v) is 4.07. The summed E-state index contributed by atoms with van der Waals surface area (Å²) in [4.78, 5) is 43.0. The highest BCUT2D eigenvalue weighted by molar-refractivity contribution is 7.21. The Morgan fingerprint density at radius 1 is 1.27 bits per heavy atom. The van der Waals surface area contributed by atoms with Crippen LogP contribution in [-0.4, -0.2) is 30.3 Å². The minimum atomic E-state index is -1.23. The lowest BCUT2D eigenvalue weighted by molar-refractivity contribution is -0.127. The molecule has 0 unspecified atom stereocenters. The van der Waals surface area contributed by atoms with E-state index in [1.165, 1.54) is 16.1 Å². The Morgan fingerprint density at radius 3 is 2.46 bits per heavy atom. The molecule has 0 spiro atoms. The van der Waals surface area contributed by atoms with Crippen LogP contribution in [0, 0.1) is 12.8 Å². The van der Waals surface area contributed by atoms with Crippen molar-refractivity contribution in [2.45, 2.75) is 46.6 Å². The molecule has 1 N–H and O–H groups in total. The number of nitrogens with one attached hydrogen (secondary N) is 1. The minimum absolute atomic E-state index is 0.140. The first kappa shape index (κ1) is 18.2. The highest BCUT2D eigenvalue weighted by Gasteiger charge is 2.34. The standard InChI is InChI=1S/C17H21N5O3S/c1-9(2)8-11(23)17(4,5)21-14(24)12-10(3)15(22-18-6-7-19-22)26-13(12)20-16(21)25/h6-7,9H,8H2,1-5H3,(H,20,25). The molecule has 0 aliphatic rings. The average Bonchev–Trinajstić information content (AvgIpc) is 3.14. The van der Waals surface area contributed by atoms with Gasteiger partial charge in [-0.25, -0.2) is 9.36 Å². The quantitative estimate of drug-likeness (QED) is 0.735. The maximum absolute atomic E-state index is 13.1. The molecule has 0 saturated carbocycles. The molecule has 26 heavy (non-hydrogen) atoms. The van der Waals surface area contributed by atoms with Crippen molar-refractivity contribution < 1.29 is 4.79 Å². The molecule has 3 rings (SSSR count). The van der Waals surface area contributed by atoms with Crippen LogP contribution in [0.3, 0.4) is 0 Å². The summed E-state index contributed by atoms with van der Waals surface area (Å²) in [5.74, 6) is -0.0121. The number of fused-ring (bicyclic) bond motifs is 1. The number of thiophene rings is 1. The summed E-state index contributed by atoms with van der Waals surface area (Å²) < 4.78 is 1.03. The number of rotatable bonds is 5. The molecule has 3 aromatic heterocycles. The molecule has 0 bridgehead atoms. The Morgan fingerprint density at radius 2 is 1.88 bits per heavy atom. The van der Waals surface area contributed by atoms with Crippen LogP contribution in [0.25, 0.3) is 15.2 Å². The molecule has 3 heterocycles. The third-order valence-corrected chi connectivity index (χ3v) is 5.57. The van der Waals surface area contributed by atoms with Crippen LogP contribution in [0.5, 0.6) is 0 Å². The molecular formula is C17H21N5O3S. The van der Waals surface area contributed by atoms with Gasteiger partial charge in [0.05, 0.1) is 17.8 Å². The number of aromatic amines is 1. The van der Waals surface area contributed by atoms with Crippen LogP contribution in [0.2, 0.25) is 0 Å². The number of hydrogen-bond acceptors (Lipinski definition) is 6. The largest absolute Gasteiger partial charge is 0.330 e. The number of nitrogens with zero attached hydrogens (tertiary/aromatic N) is 4. The SMILES string of the molecule is Cc1c(-n2nccn2)sc2[nH]c(=O)n(C(C)(C)C(=O)CC(C)C)c(=O)c12. The minimum Gasteiger partial charge on any atom is -0.298 e. The molecule has 0 saturated heterocycles. The van der Waals surface area contributed by atoms with Crippen molar-refractivity contribution in [1.82, 2.24) is 24.5 Å². The highest BCUT2D eigenvalue weighted by Crippen LogP contribution is 2.29. The second-order valence-electron chi connectivity index (χ2n) is 7.21. The Hall–Kier alpha value is -2.55. The van der Waals surface area contributed by atoms with Crippen molar-refractivity contribution in [2.75, 3.05) is 0 Å². The maximum Gasteiger partial charge on any atom is 0.330 e. The average molecular weight is 375 g/mol. The van der Waals surface area contributed by atoms with Gasteiger partial charge >= 0.3 is 5.69 Å². The fraction of sp³-hybridized carbons (Fsp3) is 0.471. The molecule has 0 fully saturated rings. The van der Waals surface area contributed by atoms with Gasteiger partial charge < -0.3 is 0 Å². The third kappa shape index (κ3) is 2.82. The van der Waals surface area contributed by atoms with Gasteiger partial charge in [-0.05, 0) is 26.7 Å². The van der Waals surface area contributed by atoms with Crippen LogP contribution in [0.4, 0.5) is 0 Å². The molecule has 0 radical (unpaired) electrons. The zero-order chi connectivity index (χ0) is 19.2. The number of hydrogen-bond donors (Lipinski definition) is 1. The Balaban J connectivity index is 2.26. The summed E-state index contributed by atoms with van der Waals surface area (Å²) in [5, 5.41) is 9.21. The predicted octanol–water partition coefficient (Wildman–Crippen LogP) is 1.99. The number of carbonyl (C=O) groups is 1. The van der Waals surface area contributed by atoms with Crippen molar-refractivity contribution >= 4 is 27.3 Å². The molecule has 0 aliphatic carbocycles. The monoisotopic (exact) mass is 375 g/mol. The summed E-state index contributed by atoms with van der Waals surface area (Å²) in [5.41, 5.74) is -1.63. The van der Waals surface area contributed by atoms with Gasteiger partial charge in [-0.2, -0.15) is 10.2 Å². The Bertz CT molecular complexity index is 1090. The van der Waals surface area contributed by atoms with Gasteiger partial charge in [-0.3, -0.25) is 14.6 Å². The number of Topliss-reactive ketones (excluding diaryl/α,β-unsaturated/α-hetero) is 1. The first-order valence-electron chi connectivity index (χ1n) is 8.33. The van der Waals surface area contributed by atoms with Crippen LogP contribution >= 0.6 is 11.3 Å². The lowest BCUT2D eigenvalue weighted by atomic mass is 9.92.